The fourth-order valence-corrected chi connectivity index (χ4v) is 3.41. The van der Waals surface area contributed by atoms with Crippen molar-refractivity contribution in [2.45, 2.75) is 0 Å². The number of ether oxygens (including phenoxy) is 3. The van der Waals surface area contributed by atoms with E-state index in [-0.39, 0.29) is 11.5 Å². The minimum atomic E-state index is -0.716. The maximum Gasteiger partial charge on any atom is 0.358 e. The van der Waals surface area contributed by atoms with E-state index in [9.17, 15) is 14.0 Å². The van der Waals surface area contributed by atoms with Crippen molar-refractivity contribution in [3.05, 3.63) is 59.4 Å². The number of fused-ring (bicyclic) bond motifs is 1. The third-order valence-corrected chi connectivity index (χ3v) is 4.86. The smallest absolute Gasteiger partial charge is 0.358 e. The summed E-state index contributed by atoms with van der Waals surface area (Å²) in [5, 5.41) is 4.71. The summed E-state index contributed by atoms with van der Waals surface area (Å²) in [5.74, 6) is -0.409. The first-order valence-corrected chi connectivity index (χ1v) is 9.54. The van der Waals surface area contributed by atoms with E-state index in [0.717, 1.165) is 0 Å². The van der Waals surface area contributed by atoms with Crippen molar-refractivity contribution in [3.63, 3.8) is 0 Å². The van der Waals surface area contributed by atoms with E-state index in [1.807, 2.05) is 0 Å². The van der Waals surface area contributed by atoms with Gasteiger partial charge in [-0.25, -0.2) is 14.2 Å². The largest absolute Gasteiger partial charge is 0.486 e. The second kappa shape index (κ2) is 8.27. The Morgan fingerprint density at radius 3 is 2.66 bits per heavy atom. The molecule has 148 valence electrons. The molecule has 2 aromatic carbocycles. The number of nitrogens with zero attached hydrogens (tertiary/aromatic N) is 1. The molecule has 0 aliphatic carbocycles. The highest BCUT2D eigenvalue weighted by Crippen LogP contribution is 2.32. The van der Waals surface area contributed by atoms with Crippen LogP contribution in [0.1, 0.15) is 10.5 Å². The van der Waals surface area contributed by atoms with Crippen LogP contribution in [0.4, 0.5) is 10.1 Å². The predicted molar refractivity (Wildman–Crippen MR) is 104 cm³/mol. The molecule has 9 heteroatoms. The van der Waals surface area contributed by atoms with Crippen LogP contribution in [0.15, 0.2) is 47.8 Å². The summed E-state index contributed by atoms with van der Waals surface area (Å²) in [6.45, 7) is 0.459. The molecule has 0 saturated carbocycles. The van der Waals surface area contributed by atoms with E-state index in [1.165, 1.54) is 28.8 Å². The van der Waals surface area contributed by atoms with Crippen molar-refractivity contribution < 1.29 is 28.2 Å². The topological polar surface area (TPSA) is 86.8 Å². The minimum Gasteiger partial charge on any atom is -0.486 e. The summed E-state index contributed by atoms with van der Waals surface area (Å²) >= 11 is 1.23. The highest BCUT2D eigenvalue weighted by atomic mass is 32.1. The Bertz CT molecular complexity index is 1050. The number of halogens is 1. The number of aromatic nitrogens is 1. The Labute approximate surface area is 169 Å². The van der Waals surface area contributed by atoms with Crippen LogP contribution >= 0.6 is 11.3 Å². The molecule has 1 aliphatic rings. The molecule has 2 heterocycles. The minimum absolute atomic E-state index is 0.0847. The van der Waals surface area contributed by atoms with E-state index < -0.39 is 18.5 Å². The summed E-state index contributed by atoms with van der Waals surface area (Å²) in [4.78, 5) is 28.4. The molecule has 29 heavy (non-hydrogen) atoms. The quantitative estimate of drug-likeness (QED) is 0.643. The van der Waals surface area contributed by atoms with Gasteiger partial charge in [-0.15, -0.1) is 11.3 Å². The number of rotatable bonds is 5. The van der Waals surface area contributed by atoms with Gasteiger partial charge in [0.15, 0.2) is 23.8 Å². The zero-order chi connectivity index (χ0) is 20.2. The summed E-state index contributed by atoms with van der Waals surface area (Å²) in [6, 6.07) is 10.8. The number of nitrogens with one attached hydrogen (secondary N) is 1. The number of carbonyl (C=O) groups is 2. The van der Waals surface area contributed by atoms with Crippen LogP contribution < -0.4 is 14.8 Å². The molecule has 0 fully saturated rings. The molecular formula is C20H15FN2O5S. The van der Waals surface area contributed by atoms with Crippen LogP contribution in [-0.4, -0.2) is 36.7 Å². The van der Waals surface area contributed by atoms with Crippen molar-refractivity contribution in [1.82, 2.24) is 4.98 Å². The van der Waals surface area contributed by atoms with Crippen LogP contribution in [0.25, 0.3) is 10.6 Å². The Morgan fingerprint density at radius 1 is 1.10 bits per heavy atom. The van der Waals surface area contributed by atoms with Crippen molar-refractivity contribution in [3.8, 4) is 22.1 Å². The molecule has 4 rings (SSSR count). The summed E-state index contributed by atoms with van der Waals surface area (Å²) < 4.78 is 28.9. The number of benzene rings is 2. The molecule has 0 spiro atoms. The molecule has 1 aromatic heterocycles. The van der Waals surface area contributed by atoms with Crippen molar-refractivity contribution in [2.24, 2.45) is 0 Å². The molecule has 1 amide bonds. The van der Waals surface area contributed by atoms with E-state index >= 15 is 0 Å². The summed E-state index contributed by atoms with van der Waals surface area (Å²) in [7, 11) is 0. The van der Waals surface area contributed by atoms with Crippen molar-refractivity contribution >= 4 is 28.9 Å². The van der Waals surface area contributed by atoms with E-state index in [1.54, 1.807) is 30.3 Å². The molecule has 1 aliphatic heterocycles. The van der Waals surface area contributed by atoms with Crippen molar-refractivity contribution in [2.75, 3.05) is 25.1 Å². The lowest BCUT2D eigenvalue weighted by Crippen LogP contribution is -2.21. The molecule has 0 atom stereocenters. The van der Waals surface area contributed by atoms with Gasteiger partial charge in [0.25, 0.3) is 5.91 Å². The molecule has 0 unspecified atom stereocenters. The zero-order valence-electron chi connectivity index (χ0n) is 15.0. The van der Waals surface area contributed by atoms with Gasteiger partial charge in [0, 0.05) is 22.7 Å². The maximum absolute atomic E-state index is 13.0. The number of esters is 1. The third kappa shape index (κ3) is 4.52. The highest BCUT2D eigenvalue weighted by molar-refractivity contribution is 7.13. The Kier molecular flexibility index (Phi) is 5.39. The van der Waals surface area contributed by atoms with Crippen LogP contribution in [0.3, 0.4) is 0 Å². The van der Waals surface area contributed by atoms with Crippen LogP contribution in [-0.2, 0) is 9.53 Å². The van der Waals surface area contributed by atoms with Gasteiger partial charge < -0.3 is 19.5 Å². The molecule has 3 aromatic rings. The molecule has 0 radical (unpaired) electrons. The summed E-state index contributed by atoms with van der Waals surface area (Å²) in [5.41, 5.74) is 1.27. The first-order chi connectivity index (χ1) is 14.1. The Balaban J connectivity index is 1.32. The fourth-order valence-electron chi connectivity index (χ4n) is 2.62. The molecule has 0 saturated heterocycles. The lowest BCUT2D eigenvalue weighted by molar-refractivity contribution is -0.119. The predicted octanol–water partition coefficient (Wildman–Crippen LogP) is 3.52. The van der Waals surface area contributed by atoms with Gasteiger partial charge in [-0.2, -0.15) is 0 Å². The van der Waals surface area contributed by atoms with Gasteiger partial charge in [0.2, 0.25) is 0 Å². The van der Waals surface area contributed by atoms with Crippen LogP contribution in [0.2, 0.25) is 0 Å². The normalized spacial score (nSPS) is 12.3. The maximum atomic E-state index is 13.0. The van der Waals surface area contributed by atoms with Gasteiger partial charge in [-0.05, 0) is 36.4 Å². The Morgan fingerprint density at radius 2 is 1.86 bits per heavy atom. The number of amides is 1. The second-order valence-electron chi connectivity index (χ2n) is 6.03. The van der Waals surface area contributed by atoms with Crippen LogP contribution in [0, 0.1) is 5.82 Å². The van der Waals surface area contributed by atoms with Gasteiger partial charge in [-0.3, -0.25) is 4.79 Å². The molecule has 7 nitrogen and oxygen atoms in total. The molecule has 0 bridgehead atoms. The number of carbonyl (C=O) groups excluding carboxylic acids is 2. The fraction of sp³-hybridized carbons (Fsp3) is 0.150. The summed E-state index contributed by atoms with van der Waals surface area (Å²) in [6.07, 6.45) is 0. The monoisotopic (exact) mass is 414 g/mol. The van der Waals surface area contributed by atoms with Gasteiger partial charge in [-0.1, -0.05) is 0 Å². The molecular weight excluding hydrogens is 399 g/mol. The van der Waals surface area contributed by atoms with Crippen LogP contribution in [0.5, 0.6) is 11.5 Å². The lowest BCUT2D eigenvalue weighted by atomic mass is 10.2. The van der Waals surface area contributed by atoms with E-state index in [0.29, 0.717) is 41.0 Å². The van der Waals surface area contributed by atoms with Gasteiger partial charge in [0.1, 0.15) is 24.0 Å². The number of anilines is 1. The van der Waals surface area contributed by atoms with E-state index in [2.05, 4.69) is 10.3 Å². The SMILES string of the molecule is O=C(COC(=O)c1csc(-c2ccc(F)cc2)n1)Nc1ccc2c(c1)OCCO2. The van der Waals surface area contributed by atoms with Gasteiger partial charge in [0.05, 0.1) is 0 Å². The number of hydrogen-bond donors (Lipinski definition) is 1. The third-order valence-electron chi connectivity index (χ3n) is 3.96. The molecule has 1 N–H and O–H groups in total. The standard InChI is InChI=1S/C20H15FN2O5S/c21-13-3-1-12(2-4-13)19-23-15(11-29-19)20(25)28-10-18(24)22-14-5-6-16-17(9-14)27-8-7-26-16/h1-6,9,11H,7-8,10H2,(H,22,24). The number of hydrogen-bond acceptors (Lipinski definition) is 7. The van der Waals surface area contributed by atoms with E-state index in [4.69, 9.17) is 14.2 Å². The first kappa shape index (κ1) is 18.9. The lowest BCUT2D eigenvalue weighted by Gasteiger charge is -2.18. The number of thiazole rings is 1. The Hall–Kier alpha value is -3.46. The average Bonchev–Trinajstić information content (AvgIpc) is 3.23. The average molecular weight is 414 g/mol. The highest BCUT2D eigenvalue weighted by Gasteiger charge is 2.16. The van der Waals surface area contributed by atoms with Gasteiger partial charge >= 0.3 is 5.97 Å². The first-order valence-electron chi connectivity index (χ1n) is 8.66. The second-order valence-corrected chi connectivity index (χ2v) is 6.89. The zero-order valence-corrected chi connectivity index (χ0v) is 15.8. The van der Waals surface area contributed by atoms with Crippen molar-refractivity contribution in [1.29, 1.82) is 0 Å².